The van der Waals surface area contributed by atoms with Gasteiger partial charge in [-0.2, -0.15) is 5.01 Å². The van der Waals surface area contributed by atoms with Crippen molar-refractivity contribution in [1.82, 2.24) is 5.01 Å². The van der Waals surface area contributed by atoms with Crippen LogP contribution in [0.25, 0.3) is 0 Å². The van der Waals surface area contributed by atoms with Gasteiger partial charge in [0.2, 0.25) is 0 Å². The Morgan fingerprint density at radius 1 is 0.769 bits per heavy atom. The van der Waals surface area contributed by atoms with Crippen LogP contribution in [0.2, 0.25) is 0 Å². The smallest absolute Gasteiger partial charge is 0.272 e. The maximum absolute atomic E-state index is 13.1. The van der Waals surface area contributed by atoms with Crippen molar-refractivity contribution in [3.63, 3.8) is 0 Å². The molecule has 1 atom stereocenters. The standard InChI is InChI=1S/C22H18N2O2/c25-21-16-20(17-10-4-1-5-11-17)23(19-14-8-3-9-15-19)24(21)22(26)18-12-6-2-7-13-18/h1-15,20H,16H2/t20-/m1/s1. The first kappa shape index (κ1) is 16.1. The summed E-state index contributed by atoms with van der Waals surface area (Å²) in [6, 6.07) is 28.1. The molecule has 1 heterocycles. The van der Waals surface area contributed by atoms with Gasteiger partial charge in [0, 0.05) is 5.56 Å². The third kappa shape index (κ3) is 2.86. The maximum Gasteiger partial charge on any atom is 0.279 e. The topological polar surface area (TPSA) is 40.6 Å². The molecule has 0 radical (unpaired) electrons. The largest absolute Gasteiger partial charge is 0.279 e. The van der Waals surface area contributed by atoms with Gasteiger partial charge in [0.05, 0.1) is 18.2 Å². The number of amides is 2. The highest BCUT2D eigenvalue weighted by Crippen LogP contribution is 2.38. The maximum atomic E-state index is 13.1. The molecule has 1 aliphatic rings. The van der Waals surface area contributed by atoms with Gasteiger partial charge >= 0.3 is 0 Å². The molecule has 0 bridgehead atoms. The zero-order valence-electron chi connectivity index (χ0n) is 14.2. The lowest BCUT2D eigenvalue weighted by molar-refractivity contribution is -0.125. The van der Waals surface area contributed by atoms with Crippen LogP contribution in [0.5, 0.6) is 0 Å². The third-order valence-corrected chi connectivity index (χ3v) is 4.53. The van der Waals surface area contributed by atoms with E-state index in [0.717, 1.165) is 11.3 Å². The summed E-state index contributed by atoms with van der Waals surface area (Å²) in [6.45, 7) is 0. The van der Waals surface area contributed by atoms with Gasteiger partial charge in [0.1, 0.15) is 0 Å². The van der Waals surface area contributed by atoms with Crippen LogP contribution in [0.3, 0.4) is 0 Å². The molecule has 4 nitrogen and oxygen atoms in total. The van der Waals surface area contributed by atoms with Crippen LogP contribution in [0.4, 0.5) is 5.69 Å². The van der Waals surface area contributed by atoms with Crippen LogP contribution in [0.1, 0.15) is 28.4 Å². The predicted molar refractivity (Wildman–Crippen MR) is 100 cm³/mol. The highest BCUT2D eigenvalue weighted by molar-refractivity contribution is 6.07. The zero-order chi connectivity index (χ0) is 17.9. The van der Waals surface area contributed by atoms with E-state index in [1.807, 2.05) is 71.7 Å². The number of para-hydroxylation sites is 1. The van der Waals surface area contributed by atoms with E-state index in [1.54, 1.807) is 24.3 Å². The summed E-state index contributed by atoms with van der Waals surface area (Å²) < 4.78 is 0. The minimum Gasteiger partial charge on any atom is -0.272 e. The summed E-state index contributed by atoms with van der Waals surface area (Å²) in [7, 11) is 0. The molecule has 3 aromatic rings. The molecule has 4 rings (SSSR count). The Labute approximate surface area is 152 Å². The minimum absolute atomic E-state index is 0.198. The summed E-state index contributed by atoms with van der Waals surface area (Å²) in [5.74, 6) is -0.505. The molecule has 1 aliphatic heterocycles. The molecular formula is C22H18N2O2. The van der Waals surface area contributed by atoms with Gasteiger partial charge in [0.25, 0.3) is 11.8 Å². The van der Waals surface area contributed by atoms with E-state index in [9.17, 15) is 9.59 Å². The number of imide groups is 1. The summed E-state index contributed by atoms with van der Waals surface area (Å²) in [4.78, 5) is 25.9. The number of nitrogens with zero attached hydrogens (tertiary/aromatic N) is 2. The second kappa shape index (κ2) is 6.84. The van der Waals surface area contributed by atoms with Gasteiger partial charge < -0.3 is 0 Å². The monoisotopic (exact) mass is 342 g/mol. The lowest BCUT2D eigenvalue weighted by atomic mass is 10.0. The Morgan fingerprint density at radius 3 is 1.92 bits per heavy atom. The molecule has 4 heteroatoms. The molecule has 0 spiro atoms. The minimum atomic E-state index is -0.308. The average molecular weight is 342 g/mol. The fourth-order valence-corrected chi connectivity index (χ4v) is 3.32. The molecule has 26 heavy (non-hydrogen) atoms. The van der Waals surface area contributed by atoms with Crippen molar-refractivity contribution < 1.29 is 9.59 Å². The molecule has 2 amide bonds. The van der Waals surface area contributed by atoms with Crippen LogP contribution >= 0.6 is 0 Å². The average Bonchev–Trinajstić information content (AvgIpc) is 3.06. The van der Waals surface area contributed by atoms with Crippen molar-refractivity contribution in [3.8, 4) is 0 Å². The molecule has 0 N–H and O–H groups in total. The number of hydrogen-bond donors (Lipinski definition) is 0. The van der Waals surface area contributed by atoms with E-state index < -0.39 is 0 Å². The van der Waals surface area contributed by atoms with Crippen molar-refractivity contribution in [1.29, 1.82) is 0 Å². The van der Waals surface area contributed by atoms with Crippen LogP contribution < -0.4 is 5.01 Å². The highest BCUT2D eigenvalue weighted by Gasteiger charge is 2.42. The molecule has 0 unspecified atom stereocenters. The van der Waals surface area contributed by atoms with E-state index in [-0.39, 0.29) is 24.3 Å². The van der Waals surface area contributed by atoms with E-state index in [1.165, 1.54) is 5.01 Å². The van der Waals surface area contributed by atoms with Gasteiger partial charge in [0.15, 0.2) is 0 Å². The van der Waals surface area contributed by atoms with Gasteiger partial charge in [-0.05, 0) is 29.8 Å². The quantitative estimate of drug-likeness (QED) is 0.669. The molecule has 1 fully saturated rings. The van der Waals surface area contributed by atoms with Crippen LogP contribution in [0, 0.1) is 0 Å². The lowest BCUT2D eigenvalue weighted by Gasteiger charge is -2.32. The highest BCUT2D eigenvalue weighted by atomic mass is 16.2. The summed E-state index contributed by atoms with van der Waals surface area (Å²) in [6.07, 6.45) is 0.261. The number of rotatable bonds is 3. The molecule has 128 valence electrons. The van der Waals surface area contributed by atoms with E-state index >= 15 is 0 Å². The van der Waals surface area contributed by atoms with E-state index in [2.05, 4.69) is 0 Å². The Bertz CT molecular complexity index is 911. The van der Waals surface area contributed by atoms with Crippen LogP contribution in [-0.2, 0) is 4.79 Å². The van der Waals surface area contributed by atoms with Crippen molar-refractivity contribution in [2.75, 3.05) is 5.01 Å². The predicted octanol–water partition coefficient (Wildman–Crippen LogP) is 4.22. The van der Waals surface area contributed by atoms with E-state index in [0.29, 0.717) is 5.56 Å². The molecule has 0 aliphatic carbocycles. The molecule has 1 saturated heterocycles. The van der Waals surface area contributed by atoms with Crippen LogP contribution in [0.15, 0.2) is 91.0 Å². The molecular weight excluding hydrogens is 324 g/mol. The van der Waals surface area contributed by atoms with Gasteiger partial charge in [-0.1, -0.05) is 66.7 Å². The number of carbonyl (C=O) groups excluding carboxylic acids is 2. The van der Waals surface area contributed by atoms with Crippen LogP contribution in [-0.4, -0.2) is 16.8 Å². The Balaban J connectivity index is 1.79. The third-order valence-electron chi connectivity index (χ3n) is 4.53. The summed E-state index contributed by atoms with van der Waals surface area (Å²) >= 11 is 0. The Kier molecular flexibility index (Phi) is 4.23. The molecule has 0 saturated carbocycles. The van der Waals surface area contributed by atoms with Crippen molar-refractivity contribution in [3.05, 3.63) is 102 Å². The molecule has 3 aromatic carbocycles. The van der Waals surface area contributed by atoms with Crippen molar-refractivity contribution in [2.45, 2.75) is 12.5 Å². The Morgan fingerprint density at radius 2 is 1.31 bits per heavy atom. The number of benzene rings is 3. The van der Waals surface area contributed by atoms with E-state index in [4.69, 9.17) is 0 Å². The number of hydrogen-bond acceptors (Lipinski definition) is 3. The van der Waals surface area contributed by atoms with Gasteiger partial charge in [-0.15, -0.1) is 0 Å². The summed E-state index contributed by atoms with van der Waals surface area (Å²) in [5, 5.41) is 3.09. The zero-order valence-corrected chi connectivity index (χ0v) is 14.2. The summed E-state index contributed by atoms with van der Waals surface area (Å²) in [5.41, 5.74) is 2.32. The van der Waals surface area contributed by atoms with Crippen molar-refractivity contribution in [2.24, 2.45) is 0 Å². The number of hydrazine groups is 1. The fraction of sp³-hybridized carbons (Fsp3) is 0.0909. The molecule has 0 aromatic heterocycles. The number of anilines is 1. The fourth-order valence-electron chi connectivity index (χ4n) is 3.32. The second-order valence-corrected chi connectivity index (χ2v) is 6.19. The SMILES string of the molecule is O=C1C[C@H](c2ccccc2)N(c2ccccc2)N1C(=O)c1ccccc1. The van der Waals surface area contributed by atoms with Gasteiger partial charge in [-0.25, -0.2) is 0 Å². The Hall–Kier alpha value is -3.40. The normalized spacial score (nSPS) is 16.8. The first-order valence-corrected chi connectivity index (χ1v) is 8.57. The van der Waals surface area contributed by atoms with Gasteiger partial charge in [-0.3, -0.25) is 14.6 Å². The second-order valence-electron chi connectivity index (χ2n) is 6.19. The lowest BCUT2D eigenvalue weighted by Crippen LogP contribution is -2.44. The first-order valence-electron chi connectivity index (χ1n) is 8.57. The van der Waals surface area contributed by atoms with Crippen molar-refractivity contribution >= 4 is 17.5 Å². The first-order chi connectivity index (χ1) is 12.8. The number of carbonyl (C=O) groups is 2.